The van der Waals surface area contributed by atoms with Crippen LogP contribution in [0.25, 0.3) is 0 Å². The van der Waals surface area contributed by atoms with E-state index in [0.717, 1.165) is 13.0 Å². The van der Waals surface area contributed by atoms with Gasteiger partial charge in [0, 0.05) is 6.04 Å². The molecule has 2 N–H and O–H groups in total. The summed E-state index contributed by atoms with van der Waals surface area (Å²) < 4.78 is 6.20. The molecule has 0 aromatic rings. The molecule has 0 spiro atoms. The van der Waals surface area contributed by atoms with Gasteiger partial charge in [0.2, 0.25) is 0 Å². The molecule has 1 rings (SSSR count). The molecule has 2 nitrogen and oxygen atoms in total. The molecule has 0 radical (unpaired) electrons. The summed E-state index contributed by atoms with van der Waals surface area (Å²) in [6.07, 6.45) is 5.72. The van der Waals surface area contributed by atoms with Crippen molar-refractivity contribution in [3.05, 3.63) is 11.6 Å². The first-order valence-corrected chi connectivity index (χ1v) is 9.22. The van der Waals surface area contributed by atoms with Gasteiger partial charge in [-0.1, -0.05) is 26.8 Å². The maximum absolute atomic E-state index is 6.20. The van der Waals surface area contributed by atoms with Gasteiger partial charge in [0.15, 0.2) is 8.32 Å². The molecule has 16 heavy (non-hydrogen) atoms. The molecule has 1 aliphatic rings. The number of hydrogen-bond acceptors (Lipinski definition) is 2. The Balaban J connectivity index is 2.51. The summed E-state index contributed by atoms with van der Waals surface area (Å²) in [6, 6.07) is 0.256. The average molecular weight is 241 g/mol. The second kappa shape index (κ2) is 5.03. The van der Waals surface area contributed by atoms with Crippen LogP contribution in [-0.4, -0.2) is 21.0 Å². The zero-order valence-electron chi connectivity index (χ0n) is 11.5. The fourth-order valence-corrected chi connectivity index (χ4v) is 2.62. The molecule has 94 valence electrons. The van der Waals surface area contributed by atoms with E-state index in [1.807, 2.05) is 0 Å². The van der Waals surface area contributed by atoms with E-state index in [1.54, 1.807) is 0 Å². The first-order valence-electron chi connectivity index (χ1n) is 6.31. The lowest BCUT2D eigenvalue weighted by Gasteiger charge is -2.36. The highest BCUT2D eigenvalue weighted by molar-refractivity contribution is 6.74. The van der Waals surface area contributed by atoms with Crippen molar-refractivity contribution >= 4 is 8.32 Å². The Hall–Kier alpha value is -0.123. The number of hydrogen-bond donors (Lipinski definition) is 1. The molecule has 0 aliphatic heterocycles. The van der Waals surface area contributed by atoms with Crippen LogP contribution in [0, 0.1) is 0 Å². The van der Waals surface area contributed by atoms with Gasteiger partial charge in [-0.25, -0.2) is 0 Å². The first-order chi connectivity index (χ1) is 7.22. The molecule has 0 saturated carbocycles. The minimum atomic E-state index is -1.59. The quantitative estimate of drug-likeness (QED) is 0.607. The molecule has 1 unspecified atom stereocenters. The minimum absolute atomic E-state index is 0.256. The van der Waals surface area contributed by atoms with Crippen LogP contribution in [0.5, 0.6) is 0 Å². The van der Waals surface area contributed by atoms with Gasteiger partial charge < -0.3 is 10.2 Å². The Kier molecular flexibility index (Phi) is 4.38. The van der Waals surface area contributed by atoms with Gasteiger partial charge in [-0.3, -0.25) is 0 Å². The molecular weight excluding hydrogens is 214 g/mol. The predicted octanol–water partition coefficient (Wildman–Crippen LogP) is 3.45. The van der Waals surface area contributed by atoms with Crippen molar-refractivity contribution in [1.29, 1.82) is 0 Å². The smallest absolute Gasteiger partial charge is 0.192 e. The van der Waals surface area contributed by atoms with E-state index in [4.69, 9.17) is 10.2 Å². The summed E-state index contributed by atoms with van der Waals surface area (Å²) in [5.41, 5.74) is 7.34. The summed E-state index contributed by atoms with van der Waals surface area (Å²) in [6.45, 7) is 12.2. The maximum atomic E-state index is 6.20. The van der Waals surface area contributed by atoms with Crippen molar-refractivity contribution in [2.24, 2.45) is 5.73 Å². The van der Waals surface area contributed by atoms with Gasteiger partial charge in [0.25, 0.3) is 0 Å². The second-order valence-electron chi connectivity index (χ2n) is 6.43. The topological polar surface area (TPSA) is 35.2 Å². The Labute approximate surface area is 101 Å². The molecule has 0 heterocycles. The lowest BCUT2D eigenvalue weighted by molar-refractivity contribution is 0.310. The SMILES string of the molecule is CC(C)(C)[Si](C)(C)OCC1=CC(N)CCC1. The summed E-state index contributed by atoms with van der Waals surface area (Å²) in [7, 11) is -1.59. The highest BCUT2D eigenvalue weighted by Crippen LogP contribution is 2.37. The van der Waals surface area contributed by atoms with Gasteiger partial charge in [-0.15, -0.1) is 0 Å². The van der Waals surface area contributed by atoms with Crippen LogP contribution in [0.4, 0.5) is 0 Å². The van der Waals surface area contributed by atoms with E-state index in [9.17, 15) is 0 Å². The van der Waals surface area contributed by atoms with E-state index < -0.39 is 8.32 Å². The average Bonchev–Trinajstić information content (AvgIpc) is 2.13. The number of rotatable bonds is 3. The minimum Gasteiger partial charge on any atom is -0.413 e. The van der Waals surface area contributed by atoms with Crippen molar-refractivity contribution in [2.45, 2.75) is 64.2 Å². The van der Waals surface area contributed by atoms with Crippen molar-refractivity contribution < 1.29 is 4.43 Å². The van der Waals surface area contributed by atoms with Crippen molar-refractivity contribution in [3.63, 3.8) is 0 Å². The molecule has 0 fully saturated rings. The Morgan fingerprint density at radius 2 is 2.06 bits per heavy atom. The lowest BCUT2D eigenvalue weighted by Crippen LogP contribution is -2.41. The molecule has 0 aromatic carbocycles. The highest BCUT2D eigenvalue weighted by Gasteiger charge is 2.37. The standard InChI is InChI=1S/C13H27NOSi/c1-13(2,3)16(4,5)15-10-11-7-6-8-12(14)9-11/h9,12H,6-8,10,14H2,1-5H3. The van der Waals surface area contributed by atoms with E-state index in [0.29, 0.717) is 5.04 Å². The third-order valence-corrected chi connectivity index (χ3v) is 8.39. The van der Waals surface area contributed by atoms with Crippen LogP contribution in [0.1, 0.15) is 40.0 Å². The van der Waals surface area contributed by atoms with Crippen molar-refractivity contribution in [2.75, 3.05) is 6.61 Å². The van der Waals surface area contributed by atoms with Gasteiger partial charge in [0.05, 0.1) is 6.61 Å². The van der Waals surface area contributed by atoms with Crippen LogP contribution in [-0.2, 0) is 4.43 Å². The molecule has 1 atom stereocenters. The van der Waals surface area contributed by atoms with E-state index in [-0.39, 0.29) is 6.04 Å². The van der Waals surface area contributed by atoms with Gasteiger partial charge >= 0.3 is 0 Å². The summed E-state index contributed by atoms with van der Waals surface area (Å²) in [5.74, 6) is 0. The zero-order chi connectivity index (χ0) is 12.4. The first kappa shape index (κ1) is 13.9. The van der Waals surface area contributed by atoms with Crippen molar-refractivity contribution in [1.82, 2.24) is 0 Å². The lowest BCUT2D eigenvalue weighted by atomic mass is 9.97. The van der Waals surface area contributed by atoms with Crippen LogP contribution in [0.3, 0.4) is 0 Å². The van der Waals surface area contributed by atoms with Crippen LogP contribution >= 0.6 is 0 Å². The normalized spacial score (nSPS) is 23.1. The fraction of sp³-hybridized carbons (Fsp3) is 0.846. The van der Waals surface area contributed by atoms with E-state index in [2.05, 4.69) is 39.9 Å². The zero-order valence-corrected chi connectivity index (χ0v) is 12.5. The molecule has 0 aromatic heterocycles. The molecular formula is C13H27NOSi. The molecule has 0 amide bonds. The largest absolute Gasteiger partial charge is 0.413 e. The fourth-order valence-electron chi connectivity index (χ4n) is 1.64. The molecule has 0 saturated heterocycles. The van der Waals surface area contributed by atoms with Crippen LogP contribution in [0.2, 0.25) is 18.1 Å². The maximum Gasteiger partial charge on any atom is 0.192 e. The molecule has 1 aliphatic carbocycles. The third-order valence-electron chi connectivity index (χ3n) is 3.91. The van der Waals surface area contributed by atoms with E-state index in [1.165, 1.54) is 18.4 Å². The Bertz CT molecular complexity index is 266. The van der Waals surface area contributed by atoms with Gasteiger partial charge in [-0.2, -0.15) is 0 Å². The monoisotopic (exact) mass is 241 g/mol. The highest BCUT2D eigenvalue weighted by atomic mass is 28.4. The Morgan fingerprint density at radius 3 is 2.56 bits per heavy atom. The Morgan fingerprint density at radius 1 is 1.44 bits per heavy atom. The predicted molar refractivity (Wildman–Crippen MR) is 73.1 cm³/mol. The van der Waals surface area contributed by atoms with E-state index >= 15 is 0 Å². The second-order valence-corrected chi connectivity index (χ2v) is 11.2. The summed E-state index contributed by atoms with van der Waals surface area (Å²) >= 11 is 0. The molecule has 0 bridgehead atoms. The van der Waals surface area contributed by atoms with Crippen LogP contribution < -0.4 is 5.73 Å². The number of nitrogens with two attached hydrogens (primary N) is 1. The third kappa shape index (κ3) is 3.72. The molecule has 3 heteroatoms. The van der Waals surface area contributed by atoms with Crippen LogP contribution in [0.15, 0.2) is 11.6 Å². The summed E-state index contributed by atoms with van der Waals surface area (Å²) in [4.78, 5) is 0. The van der Waals surface area contributed by atoms with Gasteiger partial charge in [-0.05, 0) is 43.0 Å². The summed E-state index contributed by atoms with van der Waals surface area (Å²) in [5, 5.41) is 0.296. The van der Waals surface area contributed by atoms with Crippen molar-refractivity contribution in [3.8, 4) is 0 Å². The van der Waals surface area contributed by atoms with Gasteiger partial charge in [0.1, 0.15) is 0 Å².